The SMILES string of the molecule is CN1[CH-]N2c3[c-]c4ccccc4cc3Sc3cccc1c32.[Ir+3].[c-]1ccccc1-c1ccccn1. The molecule has 0 fully saturated rings. The van der Waals surface area contributed by atoms with E-state index in [9.17, 15) is 0 Å². The molecule has 0 amide bonds. The van der Waals surface area contributed by atoms with Crippen molar-refractivity contribution >= 4 is 39.6 Å². The summed E-state index contributed by atoms with van der Waals surface area (Å²) in [5.74, 6) is 0. The van der Waals surface area contributed by atoms with Crippen LogP contribution in [0.4, 0.5) is 17.1 Å². The van der Waals surface area contributed by atoms with Gasteiger partial charge in [0.05, 0.1) is 0 Å². The first-order chi connectivity index (χ1) is 16.3. The third kappa shape index (κ3) is 4.12. The maximum atomic E-state index is 4.22. The summed E-state index contributed by atoms with van der Waals surface area (Å²) < 4.78 is 0. The van der Waals surface area contributed by atoms with Gasteiger partial charge in [-0.05, 0) is 35.8 Å². The van der Waals surface area contributed by atoms with E-state index < -0.39 is 0 Å². The van der Waals surface area contributed by atoms with Crippen LogP contribution in [0.3, 0.4) is 0 Å². The first kappa shape index (κ1) is 22.7. The maximum absolute atomic E-state index is 4.22. The molecular formula is C29H20IrN3S. The Hall–Kier alpha value is -3.11. The van der Waals surface area contributed by atoms with Gasteiger partial charge in [0.25, 0.3) is 0 Å². The fourth-order valence-corrected chi connectivity index (χ4v) is 5.28. The number of rotatable bonds is 1. The molecule has 166 valence electrons. The molecule has 5 heteroatoms. The number of anilines is 3. The first-order valence-corrected chi connectivity index (χ1v) is 11.6. The molecule has 0 radical (unpaired) electrons. The van der Waals surface area contributed by atoms with E-state index in [0.717, 1.165) is 16.9 Å². The molecular weight excluding hydrogens is 615 g/mol. The molecule has 2 aliphatic heterocycles. The van der Waals surface area contributed by atoms with Crippen LogP contribution < -0.4 is 9.80 Å². The van der Waals surface area contributed by atoms with Crippen molar-refractivity contribution < 1.29 is 20.1 Å². The molecule has 0 unspecified atom stereocenters. The summed E-state index contributed by atoms with van der Waals surface area (Å²) in [7, 11) is 2.10. The van der Waals surface area contributed by atoms with Gasteiger partial charge in [-0.25, -0.2) is 0 Å². The normalized spacial score (nSPS) is 12.9. The Morgan fingerprint density at radius 2 is 1.74 bits per heavy atom. The zero-order chi connectivity index (χ0) is 22.2. The average Bonchev–Trinajstić information content (AvgIpc) is 3.22. The van der Waals surface area contributed by atoms with E-state index in [1.54, 1.807) is 6.20 Å². The van der Waals surface area contributed by atoms with Crippen LogP contribution in [0.15, 0.2) is 107 Å². The standard InChI is InChI=1S/C18H12N2S.C11H8N.Ir/c1-19-11-20-15-9-12-5-2-3-6-13(12)10-17(15)21-16-8-4-7-14(19)18(16)20;1-2-6-10(7-3-1)11-8-4-5-9-12-11;/h2-8,10-11H,1H3;1-6,8-9H;/q-2;-1;+3. The molecule has 0 N–H and O–H groups in total. The second kappa shape index (κ2) is 9.63. The fourth-order valence-electron chi connectivity index (χ4n) is 4.17. The van der Waals surface area contributed by atoms with E-state index in [2.05, 4.69) is 89.2 Å². The number of para-hydroxylation sites is 1. The monoisotopic (exact) mass is 635 g/mol. The smallest absolute Gasteiger partial charge is 0.504 e. The Balaban J connectivity index is 0.000000159. The van der Waals surface area contributed by atoms with Gasteiger partial charge in [0.1, 0.15) is 0 Å². The largest absolute Gasteiger partial charge is 3.00 e. The van der Waals surface area contributed by atoms with Crippen molar-refractivity contribution in [2.45, 2.75) is 9.79 Å². The zero-order valence-corrected chi connectivity index (χ0v) is 21.6. The molecule has 7 rings (SSSR count). The Bertz CT molecular complexity index is 1400. The summed E-state index contributed by atoms with van der Waals surface area (Å²) >= 11 is 1.84. The van der Waals surface area contributed by atoms with Gasteiger partial charge >= 0.3 is 20.1 Å². The van der Waals surface area contributed by atoms with Crippen molar-refractivity contribution in [3.8, 4) is 11.3 Å². The van der Waals surface area contributed by atoms with Gasteiger partial charge in [0.2, 0.25) is 0 Å². The second-order valence-corrected chi connectivity index (χ2v) is 8.97. The molecule has 3 heterocycles. The molecule has 5 aromatic rings. The van der Waals surface area contributed by atoms with Crippen molar-refractivity contribution in [1.82, 2.24) is 4.98 Å². The van der Waals surface area contributed by atoms with Crippen LogP contribution in [-0.4, -0.2) is 12.0 Å². The van der Waals surface area contributed by atoms with Crippen molar-refractivity contribution in [3.63, 3.8) is 0 Å². The van der Waals surface area contributed by atoms with Crippen LogP contribution in [0, 0.1) is 18.8 Å². The minimum Gasteiger partial charge on any atom is -0.504 e. The maximum Gasteiger partial charge on any atom is 3.00 e. The zero-order valence-electron chi connectivity index (χ0n) is 18.4. The number of hydrogen-bond donors (Lipinski definition) is 0. The second-order valence-electron chi connectivity index (χ2n) is 7.88. The number of nitrogens with zero attached hydrogens (tertiary/aromatic N) is 3. The van der Waals surface area contributed by atoms with Crippen LogP contribution >= 0.6 is 11.8 Å². The minimum atomic E-state index is 0. The Morgan fingerprint density at radius 1 is 0.882 bits per heavy atom. The summed E-state index contributed by atoms with van der Waals surface area (Å²) in [5.41, 5.74) is 5.70. The van der Waals surface area contributed by atoms with E-state index >= 15 is 0 Å². The first-order valence-electron chi connectivity index (χ1n) is 10.8. The molecule has 2 aliphatic rings. The molecule has 1 aromatic heterocycles. The fraction of sp³-hybridized carbons (Fsp3) is 0.0345. The molecule has 34 heavy (non-hydrogen) atoms. The number of aromatic nitrogens is 1. The molecule has 0 atom stereocenters. The summed E-state index contributed by atoms with van der Waals surface area (Å²) in [6, 6.07) is 37.6. The quantitative estimate of drug-likeness (QED) is 0.180. The van der Waals surface area contributed by atoms with Gasteiger partial charge in [-0.15, -0.1) is 82.7 Å². The van der Waals surface area contributed by atoms with Crippen molar-refractivity contribution in [2.75, 3.05) is 16.8 Å². The third-order valence-electron chi connectivity index (χ3n) is 5.73. The van der Waals surface area contributed by atoms with Crippen molar-refractivity contribution in [3.05, 3.63) is 116 Å². The third-order valence-corrected chi connectivity index (χ3v) is 6.81. The van der Waals surface area contributed by atoms with Crippen molar-refractivity contribution in [2.24, 2.45) is 0 Å². The van der Waals surface area contributed by atoms with E-state index in [4.69, 9.17) is 0 Å². The predicted octanol–water partition coefficient (Wildman–Crippen LogP) is 7.36. The molecule has 0 bridgehead atoms. The van der Waals surface area contributed by atoms with Gasteiger partial charge in [0.15, 0.2) is 0 Å². The topological polar surface area (TPSA) is 19.4 Å². The van der Waals surface area contributed by atoms with Gasteiger partial charge in [-0.3, -0.25) is 0 Å². The van der Waals surface area contributed by atoms with Gasteiger partial charge in [-0.2, -0.15) is 6.67 Å². The van der Waals surface area contributed by atoms with Gasteiger partial charge < -0.3 is 14.8 Å². The summed E-state index contributed by atoms with van der Waals surface area (Å²) in [4.78, 5) is 11.2. The molecule has 3 nitrogen and oxygen atoms in total. The van der Waals surface area contributed by atoms with Crippen LogP contribution in [0.5, 0.6) is 0 Å². The molecule has 4 aromatic carbocycles. The average molecular weight is 635 g/mol. The summed E-state index contributed by atoms with van der Waals surface area (Å²) in [6.07, 6.45) is 1.79. The predicted molar refractivity (Wildman–Crippen MR) is 137 cm³/mol. The van der Waals surface area contributed by atoms with Gasteiger partial charge in [-0.1, -0.05) is 36.0 Å². The van der Waals surface area contributed by atoms with Gasteiger partial charge in [0, 0.05) is 22.5 Å². The van der Waals surface area contributed by atoms with E-state index in [-0.39, 0.29) is 20.1 Å². The van der Waals surface area contributed by atoms with Crippen LogP contribution in [-0.2, 0) is 20.1 Å². The van der Waals surface area contributed by atoms with Crippen LogP contribution in [0.25, 0.3) is 22.0 Å². The summed E-state index contributed by atoms with van der Waals surface area (Å²) in [6.45, 7) is 2.15. The Labute approximate surface area is 217 Å². The molecule has 0 saturated heterocycles. The van der Waals surface area contributed by atoms with E-state index in [1.165, 1.54) is 31.9 Å². The Morgan fingerprint density at radius 3 is 2.56 bits per heavy atom. The number of pyridine rings is 1. The number of fused-ring (bicyclic) bond motifs is 3. The number of benzene rings is 4. The van der Waals surface area contributed by atoms with Crippen molar-refractivity contribution in [1.29, 1.82) is 0 Å². The molecule has 0 aliphatic carbocycles. The molecule has 0 spiro atoms. The minimum absolute atomic E-state index is 0. The van der Waals surface area contributed by atoms with E-state index in [1.807, 2.05) is 54.2 Å². The van der Waals surface area contributed by atoms with E-state index in [0.29, 0.717) is 0 Å². The van der Waals surface area contributed by atoms with Crippen LogP contribution in [0.2, 0.25) is 0 Å². The number of hydrogen-bond acceptors (Lipinski definition) is 4. The summed E-state index contributed by atoms with van der Waals surface area (Å²) in [5, 5.41) is 2.41. The molecule has 0 saturated carbocycles. The Kier molecular flexibility index (Phi) is 6.42. The van der Waals surface area contributed by atoms with Crippen LogP contribution in [0.1, 0.15) is 0 Å².